The normalized spacial score (nSPS) is 24.9. The zero-order chi connectivity index (χ0) is 21.2. The molecular weight excluding hydrogens is 388 g/mol. The summed E-state index contributed by atoms with van der Waals surface area (Å²) in [6.07, 6.45) is 3.55. The first-order valence-corrected chi connectivity index (χ1v) is 10.7. The van der Waals surface area contributed by atoms with Crippen LogP contribution in [0, 0.1) is 0 Å². The lowest BCUT2D eigenvalue weighted by atomic mass is 9.97. The Hall–Kier alpha value is -2.07. The highest BCUT2D eigenvalue weighted by molar-refractivity contribution is 5.78. The van der Waals surface area contributed by atoms with Crippen molar-refractivity contribution < 1.29 is 24.2 Å². The Labute approximate surface area is 177 Å². The number of carbonyl (C=O) groups is 2. The first kappa shape index (κ1) is 22.6. The highest BCUT2D eigenvalue weighted by atomic mass is 16.5. The van der Waals surface area contributed by atoms with Crippen molar-refractivity contribution in [3.8, 4) is 0 Å². The van der Waals surface area contributed by atoms with Gasteiger partial charge in [0.15, 0.2) is 0 Å². The second-order valence-corrected chi connectivity index (χ2v) is 7.76. The van der Waals surface area contributed by atoms with Gasteiger partial charge in [0.1, 0.15) is 6.10 Å². The summed E-state index contributed by atoms with van der Waals surface area (Å²) in [5.74, 6) is -0.124. The third kappa shape index (κ3) is 7.32. The Morgan fingerprint density at radius 3 is 2.77 bits per heavy atom. The summed E-state index contributed by atoms with van der Waals surface area (Å²) in [4.78, 5) is 30.6. The van der Waals surface area contributed by atoms with Gasteiger partial charge in [-0.1, -0.05) is 6.07 Å². The molecule has 30 heavy (non-hydrogen) atoms. The van der Waals surface area contributed by atoms with Gasteiger partial charge in [0.05, 0.1) is 44.9 Å². The molecule has 2 fully saturated rings. The fourth-order valence-electron chi connectivity index (χ4n) is 3.83. The molecule has 2 saturated heterocycles. The number of pyridine rings is 1. The second-order valence-electron chi connectivity index (χ2n) is 7.76. The molecule has 0 radical (unpaired) electrons. The van der Waals surface area contributed by atoms with E-state index in [0.717, 1.165) is 25.9 Å². The molecule has 166 valence electrons. The number of hydrogen-bond donors (Lipinski definition) is 3. The van der Waals surface area contributed by atoms with Crippen LogP contribution in [0.1, 0.15) is 25.0 Å². The molecule has 0 aliphatic carbocycles. The number of aromatic nitrogens is 1. The van der Waals surface area contributed by atoms with E-state index in [9.17, 15) is 14.7 Å². The molecule has 9 nitrogen and oxygen atoms in total. The van der Waals surface area contributed by atoms with Crippen molar-refractivity contribution in [3.05, 3.63) is 30.1 Å². The van der Waals surface area contributed by atoms with Gasteiger partial charge in [0.2, 0.25) is 11.8 Å². The van der Waals surface area contributed by atoms with E-state index in [1.54, 1.807) is 6.20 Å². The Morgan fingerprint density at radius 1 is 1.20 bits per heavy atom. The van der Waals surface area contributed by atoms with Crippen molar-refractivity contribution in [2.24, 2.45) is 0 Å². The number of amides is 2. The third-order valence-corrected chi connectivity index (χ3v) is 5.47. The van der Waals surface area contributed by atoms with Gasteiger partial charge in [-0.15, -0.1) is 0 Å². The maximum absolute atomic E-state index is 12.3. The molecule has 0 bridgehead atoms. The number of nitrogens with zero attached hydrogens (tertiary/aromatic N) is 2. The largest absolute Gasteiger partial charge is 0.394 e. The second kappa shape index (κ2) is 11.9. The summed E-state index contributed by atoms with van der Waals surface area (Å²) in [6, 6.07) is 5.24. The van der Waals surface area contributed by atoms with Crippen LogP contribution < -0.4 is 10.6 Å². The molecule has 3 rings (SSSR count). The quantitative estimate of drug-likeness (QED) is 0.493. The van der Waals surface area contributed by atoms with Gasteiger partial charge in [-0.25, -0.2) is 0 Å². The fraction of sp³-hybridized carbons (Fsp3) is 0.667. The van der Waals surface area contributed by atoms with Crippen LogP contribution in [-0.2, 0) is 25.5 Å². The Bertz CT molecular complexity index is 669. The van der Waals surface area contributed by atoms with Crippen molar-refractivity contribution >= 4 is 11.8 Å². The molecule has 2 aliphatic heterocycles. The number of aliphatic hydroxyl groups excluding tert-OH is 1. The lowest BCUT2D eigenvalue weighted by Crippen LogP contribution is -2.51. The molecular formula is C21H32N4O5. The van der Waals surface area contributed by atoms with E-state index in [1.807, 2.05) is 18.2 Å². The van der Waals surface area contributed by atoms with E-state index in [1.165, 1.54) is 0 Å². The number of rotatable bonds is 9. The number of morpholine rings is 1. The summed E-state index contributed by atoms with van der Waals surface area (Å²) in [5, 5.41) is 15.6. The lowest BCUT2D eigenvalue weighted by Gasteiger charge is -2.36. The zero-order valence-electron chi connectivity index (χ0n) is 17.3. The minimum absolute atomic E-state index is 0.00563. The minimum Gasteiger partial charge on any atom is -0.394 e. The van der Waals surface area contributed by atoms with Crippen LogP contribution in [0.2, 0.25) is 0 Å². The minimum atomic E-state index is -0.444. The first-order chi connectivity index (χ1) is 14.6. The van der Waals surface area contributed by atoms with E-state index < -0.39 is 6.10 Å². The van der Waals surface area contributed by atoms with Gasteiger partial charge in [-0.05, 0) is 31.4 Å². The predicted molar refractivity (Wildman–Crippen MR) is 110 cm³/mol. The summed E-state index contributed by atoms with van der Waals surface area (Å²) in [7, 11) is 0. The van der Waals surface area contributed by atoms with Gasteiger partial charge in [0.25, 0.3) is 0 Å². The molecule has 2 amide bonds. The highest BCUT2D eigenvalue weighted by Gasteiger charge is 2.31. The maximum Gasteiger partial charge on any atom is 0.234 e. The van der Waals surface area contributed by atoms with Gasteiger partial charge >= 0.3 is 0 Å². The van der Waals surface area contributed by atoms with Crippen molar-refractivity contribution in [3.63, 3.8) is 0 Å². The van der Waals surface area contributed by atoms with Gasteiger partial charge in [-0.2, -0.15) is 0 Å². The Morgan fingerprint density at radius 2 is 2.03 bits per heavy atom. The smallest absolute Gasteiger partial charge is 0.234 e. The summed E-state index contributed by atoms with van der Waals surface area (Å²) in [5.41, 5.74) is 0.706. The van der Waals surface area contributed by atoms with Gasteiger partial charge in [0, 0.05) is 31.5 Å². The van der Waals surface area contributed by atoms with E-state index in [4.69, 9.17) is 9.47 Å². The van der Waals surface area contributed by atoms with E-state index >= 15 is 0 Å². The van der Waals surface area contributed by atoms with E-state index in [-0.39, 0.29) is 37.0 Å². The standard InChI is InChI=1S/C21H32N4O5/c26-15-19-18(24-20(27)13-16-3-1-2-7-22-16)5-4-17(30-19)6-8-23-21(28)14-25-9-11-29-12-10-25/h1-3,7,17-19,26H,4-6,8-15H2,(H,23,28)(H,24,27)/t17-,18-,19+/m0/s1. The molecule has 2 aliphatic rings. The van der Waals surface area contributed by atoms with Crippen LogP contribution in [-0.4, -0.2) is 91.1 Å². The van der Waals surface area contributed by atoms with Crippen molar-refractivity contribution in [1.82, 2.24) is 20.5 Å². The highest BCUT2D eigenvalue weighted by Crippen LogP contribution is 2.21. The zero-order valence-corrected chi connectivity index (χ0v) is 17.3. The van der Waals surface area contributed by atoms with Crippen LogP contribution in [0.15, 0.2) is 24.4 Å². The average molecular weight is 421 g/mol. The topological polar surface area (TPSA) is 113 Å². The number of aliphatic hydroxyl groups is 1. The number of nitrogens with one attached hydrogen (secondary N) is 2. The summed E-state index contributed by atoms with van der Waals surface area (Å²) < 4.78 is 11.3. The van der Waals surface area contributed by atoms with E-state index in [0.29, 0.717) is 38.4 Å². The summed E-state index contributed by atoms with van der Waals surface area (Å²) >= 11 is 0. The van der Waals surface area contributed by atoms with Crippen LogP contribution in [0.3, 0.4) is 0 Å². The average Bonchev–Trinajstić information content (AvgIpc) is 2.76. The molecule has 0 aromatic carbocycles. The Kier molecular flexibility index (Phi) is 9.00. The van der Waals surface area contributed by atoms with Crippen molar-refractivity contribution in [2.45, 2.75) is 43.9 Å². The van der Waals surface area contributed by atoms with Crippen molar-refractivity contribution in [2.75, 3.05) is 46.0 Å². The molecule has 0 unspecified atom stereocenters. The SMILES string of the molecule is O=C(CN1CCOCC1)NCC[C@@H]1CC[C@H](NC(=O)Cc2ccccn2)[C@@H](CO)O1. The number of ether oxygens (including phenoxy) is 2. The Balaban J connectivity index is 1.35. The van der Waals surface area contributed by atoms with Crippen LogP contribution >= 0.6 is 0 Å². The molecule has 3 atom stereocenters. The number of hydrogen-bond acceptors (Lipinski definition) is 7. The molecule has 0 spiro atoms. The molecule has 9 heteroatoms. The van der Waals surface area contributed by atoms with E-state index in [2.05, 4.69) is 20.5 Å². The summed E-state index contributed by atoms with van der Waals surface area (Å²) in [6.45, 7) is 3.67. The third-order valence-electron chi connectivity index (χ3n) is 5.47. The van der Waals surface area contributed by atoms with Crippen LogP contribution in [0.25, 0.3) is 0 Å². The lowest BCUT2D eigenvalue weighted by molar-refractivity contribution is -0.129. The van der Waals surface area contributed by atoms with Crippen molar-refractivity contribution in [1.29, 1.82) is 0 Å². The molecule has 1 aromatic rings. The van der Waals surface area contributed by atoms with Gasteiger partial charge < -0.3 is 25.2 Å². The fourth-order valence-corrected chi connectivity index (χ4v) is 3.83. The predicted octanol–water partition coefficient (Wildman–Crippen LogP) is -0.513. The number of carbonyl (C=O) groups excluding carboxylic acids is 2. The first-order valence-electron chi connectivity index (χ1n) is 10.7. The van der Waals surface area contributed by atoms with Crippen LogP contribution in [0.5, 0.6) is 0 Å². The molecule has 0 saturated carbocycles. The molecule has 3 N–H and O–H groups in total. The molecule has 1 aromatic heterocycles. The maximum atomic E-state index is 12.3. The molecule has 3 heterocycles. The van der Waals surface area contributed by atoms with Crippen LogP contribution in [0.4, 0.5) is 0 Å². The monoisotopic (exact) mass is 420 g/mol. The van der Waals surface area contributed by atoms with Gasteiger partial charge in [-0.3, -0.25) is 19.5 Å².